The second-order valence-electron chi connectivity index (χ2n) is 4.22. The second kappa shape index (κ2) is 4.90. The number of halogens is 1. The summed E-state index contributed by atoms with van der Waals surface area (Å²) in [5.41, 5.74) is 3.29. The van der Waals surface area contributed by atoms with Gasteiger partial charge in [0, 0.05) is 5.56 Å². The number of rotatable bonds is 3. The van der Waals surface area contributed by atoms with E-state index in [1.165, 1.54) is 5.56 Å². The standard InChI is InChI=1S/C13H14ClNO2/c1-8(2)9-3-5-10(6-4-9)12-11(7-16)13(14)17-15-12/h3-6,8,16H,7H2,1-2H3. The first-order chi connectivity index (χ1) is 8.13. The van der Waals surface area contributed by atoms with E-state index in [4.69, 9.17) is 16.1 Å². The van der Waals surface area contributed by atoms with Gasteiger partial charge in [-0.1, -0.05) is 43.3 Å². The van der Waals surface area contributed by atoms with Crippen molar-refractivity contribution in [2.24, 2.45) is 0 Å². The van der Waals surface area contributed by atoms with Gasteiger partial charge in [-0.3, -0.25) is 0 Å². The molecule has 0 unspecified atom stereocenters. The van der Waals surface area contributed by atoms with E-state index in [0.717, 1.165) is 5.56 Å². The molecule has 0 aliphatic heterocycles. The van der Waals surface area contributed by atoms with Crippen molar-refractivity contribution in [3.05, 3.63) is 40.6 Å². The van der Waals surface area contributed by atoms with Gasteiger partial charge in [-0.15, -0.1) is 0 Å². The Morgan fingerprint density at radius 2 is 1.94 bits per heavy atom. The molecule has 0 fully saturated rings. The van der Waals surface area contributed by atoms with E-state index >= 15 is 0 Å². The second-order valence-corrected chi connectivity index (χ2v) is 4.56. The van der Waals surface area contributed by atoms with Crippen molar-refractivity contribution in [2.45, 2.75) is 26.4 Å². The number of hydrogen-bond donors (Lipinski definition) is 1. The number of nitrogens with zero attached hydrogens (tertiary/aromatic N) is 1. The normalized spacial score (nSPS) is 11.1. The highest BCUT2D eigenvalue weighted by Crippen LogP contribution is 2.29. The van der Waals surface area contributed by atoms with E-state index in [9.17, 15) is 5.11 Å². The van der Waals surface area contributed by atoms with E-state index in [1.54, 1.807) is 0 Å². The van der Waals surface area contributed by atoms with Gasteiger partial charge in [-0.05, 0) is 23.1 Å². The molecule has 0 aliphatic rings. The average Bonchev–Trinajstić information content (AvgIpc) is 2.70. The minimum absolute atomic E-state index is 0.149. The summed E-state index contributed by atoms with van der Waals surface area (Å²) in [7, 11) is 0. The lowest BCUT2D eigenvalue weighted by molar-refractivity contribution is 0.281. The maximum absolute atomic E-state index is 9.21. The third-order valence-electron chi connectivity index (χ3n) is 2.75. The lowest BCUT2D eigenvalue weighted by atomic mass is 10.00. The van der Waals surface area contributed by atoms with E-state index < -0.39 is 0 Å². The molecule has 4 heteroatoms. The molecule has 0 spiro atoms. The summed E-state index contributed by atoms with van der Waals surface area (Å²) in [6.45, 7) is 4.10. The largest absolute Gasteiger partial charge is 0.391 e. The molecule has 1 N–H and O–H groups in total. The molecule has 0 saturated carbocycles. The predicted octanol–water partition coefficient (Wildman–Crippen LogP) is 3.61. The number of aliphatic hydroxyl groups excluding tert-OH is 1. The van der Waals surface area contributed by atoms with E-state index in [2.05, 4.69) is 19.0 Å². The molecule has 90 valence electrons. The van der Waals surface area contributed by atoms with E-state index in [-0.39, 0.29) is 11.8 Å². The van der Waals surface area contributed by atoms with Crippen LogP contribution in [0.2, 0.25) is 5.22 Å². The Bertz CT molecular complexity index is 503. The zero-order chi connectivity index (χ0) is 12.4. The van der Waals surface area contributed by atoms with Crippen molar-refractivity contribution < 1.29 is 9.63 Å². The monoisotopic (exact) mass is 251 g/mol. The van der Waals surface area contributed by atoms with Crippen LogP contribution in [-0.2, 0) is 6.61 Å². The third-order valence-corrected chi connectivity index (χ3v) is 3.05. The first kappa shape index (κ1) is 12.1. The zero-order valence-corrected chi connectivity index (χ0v) is 10.5. The van der Waals surface area contributed by atoms with Crippen molar-refractivity contribution >= 4 is 11.6 Å². The molecule has 0 bridgehead atoms. The maximum Gasteiger partial charge on any atom is 0.232 e. The molecule has 17 heavy (non-hydrogen) atoms. The highest BCUT2D eigenvalue weighted by atomic mass is 35.5. The molecule has 1 heterocycles. The Hall–Kier alpha value is -1.32. The van der Waals surface area contributed by atoms with Gasteiger partial charge >= 0.3 is 0 Å². The number of benzene rings is 1. The number of aliphatic hydroxyl groups is 1. The molecule has 0 saturated heterocycles. The maximum atomic E-state index is 9.21. The highest BCUT2D eigenvalue weighted by Gasteiger charge is 2.15. The zero-order valence-electron chi connectivity index (χ0n) is 9.77. The van der Waals surface area contributed by atoms with E-state index in [1.807, 2.05) is 24.3 Å². The SMILES string of the molecule is CC(C)c1ccc(-c2noc(Cl)c2CO)cc1. The van der Waals surface area contributed by atoms with E-state index in [0.29, 0.717) is 17.2 Å². The summed E-state index contributed by atoms with van der Waals surface area (Å²) >= 11 is 5.79. The topological polar surface area (TPSA) is 46.3 Å². The van der Waals surface area contributed by atoms with Crippen molar-refractivity contribution in [3.63, 3.8) is 0 Å². The molecule has 3 nitrogen and oxygen atoms in total. The van der Waals surface area contributed by atoms with Gasteiger partial charge in [0.25, 0.3) is 0 Å². The van der Waals surface area contributed by atoms with Crippen LogP contribution in [-0.4, -0.2) is 10.3 Å². The Kier molecular flexibility index (Phi) is 3.50. The minimum Gasteiger partial charge on any atom is -0.391 e. The lowest BCUT2D eigenvalue weighted by Gasteiger charge is -2.05. The van der Waals surface area contributed by atoms with Gasteiger partial charge in [0.05, 0.1) is 12.2 Å². The Labute approximate surface area is 105 Å². The molecular formula is C13H14ClNO2. The third kappa shape index (κ3) is 2.35. The van der Waals surface area contributed by atoms with Crippen molar-refractivity contribution in [1.82, 2.24) is 5.16 Å². The Morgan fingerprint density at radius 3 is 2.47 bits per heavy atom. The summed E-state index contributed by atoms with van der Waals surface area (Å²) < 4.78 is 4.87. The van der Waals surface area contributed by atoms with Crippen LogP contribution in [0.3, 0.4) is 0 Å². The van der Waals surface area contributed by atoms with Crippen LogP contribution in [0.5, 0.6) is 0 Å². The van der Waals surface area contributed by atoms with Gasteiger partial charge in [-0.25, -0.2) is 0 Å². The Morgan fingerprint density at radius 1 is 1.29 bits per heavy atom. The van der Waals surface area contributed by atoms with Gasteiger partial charge in [0.1, 0.15) is 5.69 Å². The minimum atomic E-state index is -0.177. The van der Waals surface area contributed by atoms with Gasteiger partial charge < -0.3 is 9.63 Å². The molecule has 0 amide bonds. The molecule has 0 atom stereocenters. The fourth-order valence-corrected chi connectivity index (χ4v) is 1.86. The fourth-order valence-electron chi connectivity index (χ4n) is 1.68. The summed E-state index contributed by atoms with van der Waals surface area (Å²) in [4.78, 5) is 0. The molecule has 0 radical (unpaired) electrons. The molecular weight excluding hydrogens is 238 g/mol. The average molecular weight is 252 g/mol. The smallest absolute Gasteiger partial charge is 0.232 e. The first-order valence-corrected chi connectivity index (χ1v) is 5.86. The van der Waals surface area contributed by atoms with Gasteiger partial charge in [-0.2, -0.15) is 0 Å². The van der Waals surface area contributed by atoms with Crippen molar-refractivity contribution in [1.29, 1.82) is 0 Å². The predicted molar refractivity (Wildman–Crippen MR) is 67.0 cm³/mol. The van der Waals surface area contributed by atoms with Crippen LogP contribution in [0, 0.1) is 0 Å². The first-order valence-electron chi connectivity index (χ1n) is 5.48. The molecule has 1 aromatic carbocycles. The Balaban J connectivity index is 2.39. The summed E-state index contributed by atoms with van der Waals surface area (Å²) in [6, 6.07) is 8.01. The van der Waals surface area contributed by atoms with Crippen molar-refractivity contribution in [3.8, 4) is 11.3 Å². The van der Waals surface area contributed by atoms with Crippen molar-refractivity contribution in [2.75, 3.05) is 0 Å². The molecule has 2 aromatic rings. The van der Waals surface area contributed by atoms with Crippen LogP contribution < -0.4 is 0 Å². The highest BCUT2D eigenvalue weighted by molar-refractivity contribution is 6.29. The fraction of sp³-hybridized carbons (Fsp3) is 0.308. The molecule has 0 aliphatic carbocycles. The van der Waals surface area contributed by atoms with Gasteiger partial charge in [0.2, 0.25) is 5.22 Å². The quantitative estimate of drug-likeness (QED) is 0.906. The van der Waals surface area contributed by atoms with Crippen LogP contribution in [0.1, 0.15) is 30.9 Å². The van der Waals surface area contributed by atoms with Crippen LogP contribution in [0.15, 0.2) is 28.8 Å². The summed E-state index contributed by atoms with van der Waals surface area (Å²) in [6.07, 6.45) is 0. The van der Waals surface area contributed by atoms with Crippen LogP contribution in [0.25, 0.3) is 11.3 Å². The lowest BCUT2D eigenvalue weighted by Crippen LogP contribution is -1.89. The van der Waals surface area contributed by atoms with Gasteiger partial charge in [0.15, 0.2) is 0 Å². The summed E-state index contributed by atoms with van der Waals surface area (Å²) in [5, 5.41) is 13.2. The molecule has 2 rings (SSSR count). The number of aromatic nitrogens is 1. The van der Waals surface area contributed by atoms with Crippen LogP contribution >= 0.6 is 11.6 Å². The van der Waals surface area contributed by atoms with Crippen LogP contribution in [0.4, 0.5) is 0 Å². The molecule has 1 aromatic heterocycles. The number of hydrogen-bond acceptors (Lipinski definition) is 3. The summed E-state index contributed by atoms with van der Waals surface area (Å²) in [5.74, 6) is 0.488.